The Morgan fingerprint density at radius 2 is 1.70 bits per heavy atom. The zero-order valence-electron chi connectivity index (χ0n) is 27.9. The second-order valence-electron chi connectivity index (χ2n) is 17.7. The largest absolute Gasteiger partial charge is 0.446 e. The van der Waals surface area contributed by atoms with Crippen molar-refractivity contribution in [3.05, 3.63) is 0 Å². The smallest absolute Gasteiger partial charge is 0.410 e. The van der Waals surface area contributed by atoms with E-state index in [1.165, 1.54) is 51.4 Å². The second-order valence-corrected chi connectivity index (χ2v) is 17.7. The van der Waals surface area contributed by atoms with Crippen LogP contribution in [0.4, 0.5) is 9.59 Å². The molecule has 0 bridgehead atoms. The number of fused-ring (bicyclic) bond motifs is 4. The lowest BCUT2D eigenvalue weighted by molar-refractivity contribution is -0.151. The molecule has 11 atom stereocenters. The van der Waals surface area contributed by atoms with Crippen molar-refractivity contribution in [1.82, 2.24) is 15.5 Å². The average Bonchev–Trinajstić information content (AvgIpc) is 3.50. The number of alkyl carbamates (subject to hydrolysis) is 1. The van der Waals surface area contributed by atoms with E-state index in [4.69, 9.17) is 14.2 Å². The Balaban J connectivity index is 0.960. The lowest BCUT2D eigenvalue weighted by Gasteiger charge is -2.59. The fourth-order valence-corrected chi connectivity index (χ4v) is 12.8. The van der Waals surface area contributed by atoms with Crippen LogP contribution in [0.1, 0.15) is 105 Å². The summed E-state index contributed by atoms with van der Waals surface area (Å²) in [5, 5.41) is 6.29. The number of carbonyl (C=O) groups is 2. The zero-order valence-corrected chi connectivity index (χ0v) is 27.9. The highest BCUT2D eigenvalue weighted by Crippen LogP contribution is 2.87. The maximum atomic E-state index is 12.8. The Morgan fingerprint density at radius 3 is 2.39 bits per heavy atom. The number of likely N-dealkylation sites (tertiary alicyclic amines) is 1. The summed E-state index contributed by atoms with van der Waals surface area (Å²) in [6.07, 6.45) is 13.1. The van der Waals surface area contributed by atoms with Crippen LogP contribution in [0.3, 0.4) is 0 Å². The average molecular weight is 612 g/mol. The van der Waals surface area contributed by atoms with Crippen molar-refractivity contribution in [3.8, 4) is 0 Å². The van der Waals surface area contributed by atoms with E-state index in [1.807, 2.05) is 4.90 Å². The molecular weight excluding hydrogens is 554 g/mol. The molecule has 8 heteroatoms. The molecule has 5 unspecified atom stereocenters. The molecule has 8 fully saturated rings. The highest BCUT2D eigenvalue weighted by molar-refractivity contribution is 5.69. The molecule has 8 nitrogen and oxygen atoms in total. The summed E-state index contributed by atoms with van der Waals surface area (Å²) in [6.45, 7) is 15.1. The molecule has 246 valence electrons. The van der Waals surface area contributed by atoms with Crippen LogP contribution in [0.5, 0.6) is 0 Å². The lowest BCUT2D eigenvalue weighted by Crippen LogP contribution is -2.59. The molecule has 0 aromatic carbocycles. The molecule has 2 amide bonds. The van der Waals surface area contributed by atoms with Gasteiger partial charge in [0.2, 0.25) is 0 Å². The summed E-state index contributed by atoms with van der Waals surface area (Å²) in [4.78, 5) is 27.4. The van der Waals surface area contributed by atoms with E-state index in [-0.39, 0.29) is 47.9 Å². The molecular formula is C36H57N3O5. The Morgan fingerprint density at radius 1 is 0.932 bits per heavy atom. The summed E-state index contributed by atoms with van der Waals surface area (Å²) in [7, 11) is 0. The van der Waals surface area contributed by atoms with Crippen LogP contribution in [-0.2, 0) is 14.2 Å². The number of nitrogens with zero attached hydrogens (tertiary/aromatic N) is 1. The van der Waals surface area contributed by atoms with Gasteiger partial charge in [0.05, 0.1) is 18.2 Å². The van der Waals surface area contributed by atoms with Gasteiger partial charge in [-0.2, -0.15) is 0 Å². The van der Waals surface area contributed by atoms with Gasteiger partial charge in [-0.3, -0.25) is 0 Å². The van der Waals surface area contributed by atoms with Gasteiger partial charge in [-0.25, -0.2) is 9.59 Å². The van der Waals surface area contributed by atoms with Gasteiger partial charge in [-0.05, 0) is 116 Å². The number of rotatable bonds is 5. The molecule has 0 aromatic rings. The minimum Gasteiger partial charge on any atom is -0.446 e. The van der Waals surface area contributed by atoms with Crippen molar-refractivity contribution in [1.29, 1.82) is 0 Å². The second kappa shape index (κ2) is 10.2. The van der Waals surface area contributed by atoms with E-state index in [0.29, 0.717) is 34.2 Å². The first kappa shape index (κ1) is 29.8. The van der Waals surface area contributed by atoms with Crippen molar-refractivity contribution >= 4 is 12.2 Å². The van der Waals surface area contributed by atoms with E-state index < -0.39 is 0 Å². The maximum absolute atomic E-state index is 12.8. The molecule has 8 rings (SSSR count). The predicted octanol–water partition coefficient (Wildman–Crippen LogP) is 6.13. The Labute approximate surface area is 264 Å². The SMILES string of the molecule is CC(C)[C@@H](OC(=O)N1CCC1)C1CCC2C(CC3C4CC[C@H]5C(C)(C)[C@@H](OC(=O)NC6CNC6)CC[C@@]56C[C@@]46CC[C@]23C)O1. The van der Waals surface area contributed by atoms with E-state index >= 15 is 0 Å². The van der Waals surface area contributed by atoms with E-state index in [0.717, 1.165) is 57.3 Å². The summed E-state index contributed by atoms with van der Waals surface area (Å²) in [5.74, 6) is 3.01. The van der Waals surface area contributed by atoms with E-state index in [9.17, 15) is 9.59 Å². The van der Waals surface area contributed by atoms with Crippen LogP contribution in [0.25, 0.3) is 0 Å². The molecule has 3 saturated heterocycles. The topological polar surface area (TPSA) is 89.1 Å². The van der Waals surface area contributed by atoms with Crippen LogP contribution in [0.15, 0.2) is 0 Å². The first-order valence-corrected chi connectivity index (χ1v) is 18.3. The van der Waals surface area contributed by atoms with Crippen molar-refractivity contribution in [3.63, 3.8) is 0 Å². The summed E-state index contributed by atoms with van der Waals surface area (Å²) < 4.78 is 19.3. The minimum absolute atomic E-state index is 0.00186. The molecule has 2 N–H and O–H groups in total. The number of carbonyl (C=O) groups excluding carboxylic acids is 2. The highest BCUT2D eigenvalue weighted by atomic mass is 16.6. The molecule has 5 saturated carbocycles. The number of nitrogens with one attached hydrogen (secondary N) is 2. The maximum Gasteiger partial charge on any atom is 0.410 e. The number of hydrogen-bond donors (Lipinski definition) is 2. The Kier molecular flexibility index (Phi) is 6.94. The third kappa shape index (κ3) is 4.20. The van der Waals surface area contributed by atoms with Crippen molar-refractivity contribution in [2.75, 3.05) is 26.2 Å². The number of ether oxygens (including phenoxy) is 3. The van der Waals surface area contributed by atoms with Gasteiger partial charge in [0.15, 0.2) is 0 Å². The number of hydrogen-bond acceptors (Lipinski definition) is 6. The third-order valence-electron chi connectivity index (χ3n) is 15.3. The summed E-state index contributed by atoms with van der Waals surface area (Å²) in [6, 6.07) is 0.213. The standard InChI is InChI=1S/C36H57N3O5/c1-21(2)30(44-32(41)39-15-6-16-39)26-9-7-24-27(42-26)17-25-23-8-10-28-33(3,4)29(43-31(40)38-22-18-37-19-22)11-12-36(28)20-35(23,36)14-13-34(24,25)5/h21-30,37H,6-20H2,1-5H3,(H,38,40)/t23?,24?,25?,26?,27?,28-,29-,30+,34+,35-,36+/m0/s1. The fourth-order valence-electron chi connectivity index (χ4n) is 12.8. The van der Waals surface area contributed by atoms with E-state index in [2.05, 4.69) is 45.3 Å². The summed E-state index contributed by atoms with van der Waals surface area (Å²) in [5.41, 5.74) is 1.26. The van der Waals surface area contributed by atoms with Gasteiger partial charge in [0.1, 0.15) is 12.2 Å². The van der Waals surface area contributed by atoms with Crippen molar-refractivity contribution in [2.45, 2.75) is 136 Å². The van der Waals surface area contributed by atoms with Crippen molar-refractivity contribution in [2.24, 2.45) is 51.2 Å². The van der Waals surface area contributed by atoms with E-state index in [1.54, 1.807) is 0 Å². The fraction of sp³-hybridized carbons (Fsp3) is 0.944. The first-order valence-electron chi connectivity index (χ1n) is 18.3. The van der Waals surface area contributed by atoms with Crippen LogP contribution < -0.4 is 10.6 Å². The molecule has 0 radical (unpaired) electrons. The van der Waals surface area contributed by atoms with Gasteiger partial charge < -0.3 is 29.7 Å². The van der Waals surface area contributed by atoms with Crippen LogP contribution in [0.2, 0.25) is 0 Å². The molecule has 2 spiro atoms. The quantitative estimate of drug-likeness (QED) is 0.389. The molecule has 44 heavy (non-hydrogen) atoms. The zero-order chi connectivity index (χ0) is 30.6. The normalized spacial score (nSPS) is 47.4. The third-order valence-corrected chi connectivity index (χ3v) is 15.3. The highest BCUT2D eigenvalue weighted by Gasteiger charge is 2.81. The number of amides is 2. The van der Waals surface area contributed by atoms with Gasteiger partial charge in [-0.1, -0.05) is 34.6 Å². The summed E-state index contributed by atoms with van der Waals surface area (Å²) >= 11 is 0. The van der Waals surface area contributed by atoms with Crippen LogP contribution >= 0.6 is 0 Å². The minimum atomic E-state index is -0.222. The molecule has 8 aliphatic rings. The van der Waals surface area contributed by atoms with Crippen LogP contribution in [0, 0.1) is 51.2 Å². The van der Waals surface area contributed by atoms with Gasteiger partial charge >= 0.3 is 12.2 Å². The molecule has 3 heterocycles. The first-order chi connectivity index (χ1) is 21.0. The Bertz CT molecular complexity index is 1170. The molecule has 0 aromatic heterocycles. The van der Waals surface area contributed by atoms with Crippen LogP contribution in [-0.4, -0.2) is 73.7 Å². The Hall–Kier alpha value is -1.54. The van der Waals surface area contributed by atoms with Gasteiger partial charge in [-0.15, -0.1) is 0 Å². The van der Waals surface area contributed by atoms with Gasteiger partial charge in [0, 0.05) is 31.6 Å². The molecule has 5 aliphatic carbocycles. The lowest BCUT2D eigenvalue weighted by atomic mass is 9.46. The van der Waals surface area contributed by atoms with Crippen molar-refractivity contribution < 1.29 is 23.8 Å². The molecule has 3 aliphatic heterocycles. The monoisotopic (exact) mass is 611 g/mol. The van der Waals surface area contributed by atoms with Gasteiger partial charge in [0.25, 0.3) is 0 Å². The predicted molar refractivity (Wildman–Crippen MR) is 167 cm³/mol.